The highest BCUT2D eigenvalue weighted by Crippen LogP contribution is 2.33. The summed E-state index contributed by atoms with van der Waals surface area (Å²) in [5.41, 5.74) is 2.21. The standard InChI is InChI=1S/C20H19Br2N3O/c1-2-7-23-8-9-24-12-16(26)13-25-19-5-3-14(21)10-17(19)18-11-15(22)4-6-20(18)25/h2-11,16,24,26H,1,12-13H2/b9-8+,23-7?. The third-order valence-electron chi connectivity index (χ3n) is 4.01. The fourth-order valence-corrected chi connectivity index (χ4v) is 3.65. The first kappa shape index (κ1) is 18.9. The minimum Gasteiger partial charge on any atom is -0.389 e. The van der Waals surface area contributed by atoms with E-state index in [9.17, 15) is 5.11 Å². The average Bonchev–Trinajstić information content (AvgIpc) is 2.90. The summed E-state index contributed by atoms with van der Waals surface area (Å²) in [6.45, 7) is 4.50. The zero-order valence-electron chi connectivity index (χ0n) is 14.1. The molecular formula is C20H19Br2N3O. The van der Waals surface area contributed by atoms with E-state index in [4.69, 9.17) is 0 Å². The molecule has 0 fully saturated rings. The van der Waals surface area contributed by atoms with E-state index in [0.29, 0.717) is 13.1 Å². The number of nitrogens with zero attached hydrogens (tertiary/aromatic N) is 2. The van der Waals surface area contributed by atoms with Crippen molar-refractivity contribution in [3.8, 4) is 0 Å². The largest absolute Gasteiger partial charge is 0.389 e. The average molecular weight is 477 g/mol. The first-order chi connectivity index (χ1) is 12.6. The number of hydrogen-bond donors (Lipinski definition) is 2. The quantitative estimate of drug-likeness (QED) is 0.471. The van der Waals surface area contributed by atoms with Gasteiger partial charge in [0.05, 0.1) is 12.6 Å². The number of hydrogen-bond acceptors (Lipinski definition) is 3. The molecule has 0 radical (unpaired) electrons. The van der Waals surface area contributed by atoms with Gasteiger partial charge in [0.1, 0.15) is 0 Å². The number of allylic oxidation sites excluding steroid dienone is 1. The fraction of sp³-hybridized carbons (Fsp3) is 0.150. The van der Waals surface area contributed by atoms with Gasteiger partial charge in [0.15, 0.2) is 0 Å². The Kier molecular flexibility index (Phi) is 6.29. The molecule has 0 aliphatic heterocycles. The highest BCUT2D eigenvalue weighted by atomic mass is 79.9. The Hall–Kier alpha value is -1.89. The first-order valence-electron chi connectivity index (χ1n) is 8.18. The van der Waals surface area contributed by atoms with Crippen LogP contribution in [-0.4, -0.2) is 28.5 Å². The van der Waals surface area contributed by atoms with Crippen molar-refractivity contribution in [3.05, 3.63) is 70.4 Å². The molecule has 1 aromatic heterocycles. The summed E-state index contributed by atoms with van der Waals surface area (Å²) in [4.78, 5) is 3.98. The summed E-state index contributed by atoms with van der Waals surface area (Å²) in [7, 11) is 0. The van der Waals surface area contributed by atoms with Crippen LogP contribution in [0.1, 0.15) is 0 Å². The van der Waals surface area contributed by atoms with Crippen LogP contribution in [0.3, 0.4) is 0 Å². The van der Waals surface area contributed by atoms with Gasteiger partial charge in [0.25, 0.3) is 0 Å². The Bertz CT molecular complexity index is 932. The zero-order chi connectivity index (χ0) is 18.5. The van der Waals surface area contributed by atoms with Crippen LogP contribution in [0.5, 0.6) is 0 Å². The topological polar surface area (TPSA) is 49.6 Å². The summed E-state index contributed by atoms with van der Waals surface area (Å²) in [6, 6.07) is 12.4. The Morgan fingerprint density at radius 3 is 2.31 bits per heavy atom. The lowest BCUT2D eigenvalue weighted by atomic mass is 10.2. The number of nitrogens with one attached hydrogen (secondary N) is 1. The number of rotatable bonds is 7. The summed E-state index contributed by atoms with van der Waals surface area (Å²) in [5.74, 6) is 0. The van der Waals surface area contributed by atoms with E-state index >= 15 is 0 Å². The molecule has 6 heteroatoms. The van der Waals surface area contributed by atoms with E-state index in [0.717, 1.165) is 30.8 Å². The van der Waals surface area contributed by atoms with Crippen molar-refractivity contribution in [1.82, 2.24) is 9.88 Å². The van der Waals surface area contributed by atoms with E-state index < -0.39 is 6.10 Å². The number of fused-ring (bicyclic) bond motifs is 3. The molecule has 2 aromatic carbocycles. The van der Waals surface area contributed by atoms with E-state index in [2.05, 4.69) is 77.6 Å². The number of halogens is 2. The predicted octanol–water partition coefficient (Wildman–Crippen LogP) is 5.00. The van der Waals surface area contributed by atoms with E-state index in [1.54, 1.807) is 24.7 Å². The minimum absolute atomic E-state index is 0.439. The number of aliphatic hydroxyl groups excluding tert-OH is 1. The Morgan fingerprint density at radius 2 is 1.73 bits per heavy atom. The van der Waals surface area contributed by atoms with Gasteiger partial charge in [-0.2, -0.15) is 0 Å². The number of benzene rings is 2. The maximum Gasteiger partial charge on any atom is 0.0891 e. The van der Waals surface area contributed by atoms with Crippen LogP contribution in [0.15, 0.2) is 75.4 Å². The zero-order valence-corrected chi connectivity index (χ0v) is 17.2. The Balaban J connectivity index is 1.85. The molecule has 0 bridgehead atoms. The van der Waals surface area contributed by atoms with Crippen molar-refractivity contribution in [3.63, 3.8) is 0 Å². The molecule has 134 valence electrons. The second-order valence-corrected chi connectivity index (χ2v) is 7.68. The van der Waals surface area contributed by atoms with Gasteiger partial charge in [0.2, 0.25) is 0 Å². The Morgan fingerprint density at radius 1 is 1.12 bits per heavy atom. The molecule has 0 aliphatic rings. The Labute approximate surface area is 169 Å². The molecule has 0 saturated carbocycles. The van der Waals surface area contributed by atoms with Gasteiger partial charge in [-0.15, -0.1) is 0 Å². The summed E-state index contributed by atoms with van der Waals surface area (Å²) >= 11 is 7.10. The molecule has 3 aromatic rings. The van der Waals surface area contributed by atoms with Gasteiger partial charge >= 0.3 is 0 Å². The van der Waals surface area contributed by atoms with E-state index in [-0.39, 0.29) is 0 Å². The van der Waals surface area contributed by atoms with Gasteiger partial charge in [0, 0.05) is 55.9 Å². The smallest absolute Gasteiger partial charge is 0.0891 e. The van der Waals surface area contributed by atoms with Gasteiger partial charge in [-0.25, -0.2) is 0 Å². The molecule has 1 atom stereocenters. The molecule has 26 heavy (non-hydrogen) atoms. The van der Waals surface area contributed by atoms with Crippen molar-refractivity contribution in [2.45, 2.75) is 12.6 Å². The normalized spacial score (nSPS) is 13.2. The first-order valence-corrected chi connectivity index (χ1v) is 9.76. The van der Waals surface area contributed by atoms with Crippen molar-refractivity contribution in [1.29, 1.82) is 0 Å². The van der Waals surface area contributed by atoms with Crippen molar-refractivity contribution < 1.29 is 5.11 Å². The highest BCUT2D eigenvalue weighted by Gasteiger charge is 2.14. The van der Waals surface area contributed by atoms with Crippen LogP contribution in [-0.2, 0) is 6.54 Å². The van der Waals surface area contributed by atoms with Crippen LogP contribution >= 0.6 is 31.9 Å². The monoisotopic (exact) mass is 475 g/mol. The molecule has 1 unspecified atom stereocenters. The van der Waals surface area contributed by atoms with E-state index in [1.165, 1.54) is 0 Å². The lowest BCUT2D eigenvalue weighted by Crippen LogP contribution is -2.27. The molecule has 0 aliphatic carbocycles. The molecule has 0 amide bonds. The summed E-state index contributed by atoms with van der Waals surface area (Å²) in [6.07, 6.45) is 6.02. The molecule has 0 spiro atoms. The number of aliphatic imine (C=N–C) groups is 1. The second kappa shape index (κ2) is 8.66. The lowest BCUT2D eigenvalue weighted by Gasteiger charge is -2.14. The molecule has 3 rings (SSSR count). The highest BCUT2D eigenvalue weighted by molar-refractivity contribution is 9.10. The number of aliphatic hydroxyl groups is 1. The molecule has 1 heterocycles. The van der Waals surface area contributed by atoms with Crippen molar-refractivity contribution in [2.75, 3.05) is 6.54 Å². The van der Waals surface area contributed by atoms with Crippen LogP contribution in [0.2, 0.25) is 0 Å². The minimum atomic E-state index is -0.533. The van der Waals surface area contributed by atoms with Crippen LogP contribution in [0.4, 0.5) is 0 Å². The predicted molar refractivity (Wildman–Crippen MR) is 117 cm³/mol. The summed E-state index contributed by atoms with van der Waals surface area (Å²) in [5, 5.41) is 15.8. The van der Waals surface area contributed by atoms with Gasteiger partial charge in [-0.1, -0.05) is 44.5 Å². The second-order valence-electron chi connectivity index (χ2n) is 5.85. The molecule has 0 saturated heterocycles. The SMILES string of the molecule is C=CC=N/C=C/NCC(O)Cn1c2ccc(Br)cc2c2cc(Br)ccc21. The van der Waals surface area contributed by atoms with Gasteiger partial charge < -0.3 is 15.0 Å². The third kappa shape index (κ3) is 4.26. The number of aromatic nitrogens is 1. The molecular weight excluding hydrogens is 458 g/mol. The van der Waals surface area contributed by atoms with E-state index in [1.807, 2.05) is 12.1 Å². The fourth-order valence-electron chi connectivity index (χ4n) is 2.93. The maximum atomic E-state index is 10.5. The summed E-state index contributed by atoms with van der Waals surface area (Å²) < 4.78 is 4.24. The maximum absolute atomic E-state index is 10.5. The van der Waals surface area contributed by atoms with Gasteiger partial charge in [-0.3, -0.25) is 4.99 Å². The lowest BCUT2D eigenvalue weighted by molar-refractivity contribution is 0.158. The third-order valence-corrected chi connectivity index (χ3v) is 4.99. The van der Waals surface area contributed by atoms with Crippen molar-refractivity contribution in [2.24, 2.45) is 4.99 Å². The van der Waals surface area contributed by atoms with Crippen LogP contribution in [0.25, 0.3) is 21.8 Å². The van der Waals surface area contributed by atoms with Crippen molar-refractivity contribution >= 4 is 59.9 Å². The molecule has 2 N–H and O–H groups in total. The van der Waals surface area contributed by atoms with Crippen LogP contribution in [0, 0.1) is 0 Å². The van der Waals surface area contributed by atoms with Gasteiger partial charge in [-0.05, 0) is 36.4 Å². The van der Waals surface area contributed by atoms with Crippen LogP contribution < -0.4 is 5.32 Å². The molecule has 4 nitrogen and oxygen atoms in total.